The fourth-order valence-corrected chi connectivity index (χ4v) is 3.17. The summed E-state index contributed by atoms with van der Waals surface area (Å²) >= 11 is 0. The first-order valence-corrected chi connectivity index (χ1v) is 9.46. The van der Waals surface area contributed by atoms with Gasteiger partial charge in [-0.1, -0.05) is 30.3 Å². The number of nitrogens with zero attached hydrogens (tertiary/aromatic N) is 2. The number of aromatic nitrogens is 2. The molecule has 1 atom stereocenters. The Kier molecular flexibility index (Phi) is 6.49. The maximum absolute atomic E-state index is 12.8. The predicted molar refractivity (Wildman–Crippen MR) is 111 cm³/mol. The Labute approximate surface area is 169 Å². The van der Waals surface area contributed by atoms with E-state index in [0.717, 1.165) is 12.8 Å². The summed E-state index contributed by atoms with van der Waals surface area (Å²) in [6, 6.07) is 13.3. The van der Waals surface area contributed by atoms with Crippen LogP contribution in [0, 0.1) is 0 Å². The van der Waals surface area contributed by atoms with Gasteiger partial charge in [-0.2, -0.15) is 0 Å². The number of hydrogen-bond acceptors (Lipinski definition) is 5. The molecule has 1 heterocycles. The Morgan fingerprint density at radius 2 is 1.83 bits per heavy atom. The number of ether oxygens (including phenoxy) is 2. The number of nitrogens with one attached hydrogen (secondary N) is 1. The van der Waals surface area contributed by atoms with Gasteiger partial charge in [-0.25, -0.2) is 4.98 Å². The fourth-order valence-electron chi connectivity index (χ4n) is 3.17. The van der Waals surface area contributed by atoms with E-state index in [4.69, 9.17) is 9.47 Å². The van der Waals surface area contributed by atoms with Crippen molar-refractivity contribution < 1.29 is 14.3 Å². The average molecular weight is 395 g/mol. The van der Waals surface area contributed by atoms with E-state index >= 15 is 0 Å². The smallest absolute Gasteiger partial charge is 0.261 e. The highest BCUT2D eigenvalue weighted by atomic mass is 16.5. The van der Waals surface area contributed by atoms with E-state index in [2.05, 4.69) is 22.4 Å². The topological polar surface area (TPSA) is 82.5 Å². The molecule has 0 aliphatic carbocycles. The van der Waals surface area contributed by atoms with Crippen LogP contribution >= 0.6 is 0 Å². The van der Waals surface area contributed by atoms with Crippen molar-refractivity contribution in [2.24, 2.45) is 0 Å². The number of carbonyl (C=O) groups excluding carboxylic acids is 1. The number of benzene rings is 2. The molecule has 1 amide bonds. The normalized spacial score (nSPS) is 11.8. The minimum atomic E-state index is -0.303. The van der Waals surface area contributed by atoms with Gasteiger partial charge in [0.25, 0.3) is 5.56 Å². The molecule has 7 heteroatoms. The Morgan fingerprint density at radius 3 is 2.52 bits per heavy atom. The van der Waals surface area contributed by atoms with E-state index in [9.17, 15) is 9.59 Å². The van der Waals surface area contributed by atoms with E-state index in [1.807, 2.05) is 25.1 Å². The summed E-state index contributed by atoms with van der Waals surface area (Å²) in [4.78, 5) is 29.5. The lowest BCUT2D eigenvalue weighted by Crippen LogP contribution is -2.37. The number of hydrogen-bond donors (Lipinski definition) is 1. The monoisotopic (exact) mass is 395 g/mol. The van der Waals surface area contributed by atoms with E-state index in [0.29, 0.717) is 22.4 Å². The molecule has 0 unspecified atom stereocenters. The minimum absolute atomic E-state index is 0.00354. The average Bonchev–Trinajstić information content (AvgIpc) is 2.74. The molecular weight excluding hydrogens is 370 g/mol. The van der Waals surface area contributed by atoms with Gasteiger partial charge in [0.2, 0.25) is 5.91 Å². The van der Waals surface area contributed by atoms with E-state index in [-0.39, 0.29) is 24.1 Å². The Morgan fingerprint density at radius 1 is 1.14 bits per heavy atom. The summed E-state index contributed by atoms with van der Waals surface area (Å²) in [5, 5.41) is 3.31. The fraction of sp³-hybridized carbons (Fsp3) is 0.318. The largest absolute Gasteiger partial charge is 0.493 e. The van der Waals surface area contributed by atoms with Crippen LogP contribution in [0.1, 0.15) is 18.9 Å². The van der Waals surface area contributed by atoms with Crippen LogP contribution in [0.4, 0.5) is 0 Å². The Hall–Kier alpha value is -3.35. The third-order valence-corrected chi connectivity index (χ3v) is 4.76. The van der Waals surface area contributed by atoms with Crippen LogP contribution in [0.5, 0.6) is 11.5 Å². The van der Waals surface area contributed by atoms with Gasteiger partial charge in [-0.15, -0.1) is 0 Å². The van der Waals surface area contributed by atoms with E-state index < -0.39 is 0 Å². The van der Waals surface area contributed by atoms with Gasteiger partial charge < -0.3 is 14.8 Å². The summed E-state index contributed by atoms with van der Waals surface area (Å²) in [5.41, 5.74) is 1.41. The molecule has 1 aromatic heterocycles. The first-order valence-electron chi connectivity index (χ1n) is 9.46. The van der Waals surface area contributed by atoms with E-state index in [1.54, 1.807) is 12.1 Å². The molecule has 0 spiro atoms. The first kappa shape index (κ1) is 20.4. The number of aryl methyl sites for hydroxylation is 1. The zero-order chi connectivity index (χ0) is 20.8. The molecular formula is C22H25N3O4. The van der Waals surface area contributed by atoms with Crippen LogP contribution in [0.2, 0.25) is 0 Å². The number of fused-ring (bicyclic) bond motifs is 1. The molecule has 0 saturated carbocycles. The van der Waals surface area contributed by atoms with Crippen molar-refractivity contribution in [1.82, 2.24) is 14.9 Å². The molecule has 0 radical (unpaired) electrons. The number of amides is 1. The highest BCUT2D eigenvalue weighted by Gasteiger charge is 2.14. The summed E-state index contributed by atoms with van der Waals surface area (Å²) < 4.78 is 11.8. The summed E-state index contributed by atoms with van der Waals surface area (Å²) in [5.74, 6) is 0.708. The number of carbonyl (C=O) groups is 1. The zero-order valence-electron chi connectivity index (χ0n) is 16.8. The van der Waals surface area contributed by atoms with Crippen molar-refractivity contribution in [3.8, 4) is 11.5 Å². The second kappa shape index (κ2) is 9.23. The molecule has 0 aliphatic rings. The molecule has 0 aliphatic heterocycles. The molecule has 0 saturated heterocycles. The lowest BCUT2D eigenvalue weighted by atomic mass is 10.1. The second-order valence-corrected chi connectivity index (χ2v) is 6.89. The standard InChI is InChI=1S/C22H25N3O4/c1-15(9-10-16-7-5-4-6-8-16)24-21(26)13-25-14-23-18-12-20(29-3)19(28-2)11-17(18)22(25)27/h4-8,11-12,14-15H,9-10,13H2,1-3H3,(H,24,26)/t15-/m1/s1. The van der Waals surface area contributed by atoms with Crippen molar-refractivity contribution in [3.05, 3.63) is 64.7 Å². The summed E-state index contributed by atoms with van der Waals surface area (Å²) in [6.45, 7) is 1.87. The molecule has 3 aromatic rings. The SMILES string of the molecule is COc1cc2ncn(CC(=O)N[C@H](C)CCc3ccccc3)c(=O)c2cc1OC. The molecule has 0 bridgehead atoms. The van der Waals surface area contributed by atoms with Gasteiger partial charge in [0.15, 0.2) is 11.5 Å². The van der Waals surface area contributed by atoms with Crippen LogP contribution in [0.25, 0.3) is 10.9 Å². The summed E-state index contributed by atoms with van der Waals surface area (Å²) in [6.07, 6.45) is 3.07. The van der Waals surface area contributed by atoms with Crippen LogP contribution in [0.3, 0.4) is 0 Å². The molecule has 152 valence electrons. The third kappa shape index (κ3) is 4.93. The lowest BCUT2D eigenvalue weighted by molar-refractivity contribution is -0.122. The number of methoxy groups -OCH3 is 2. The van der Waals surface area contributed by atoms with Gasteiger partial charge in [-0.05, 0) is 31.4 Å². The predicted octanol–water partition coefficient (Wildman–Crippen LogP) is 2.55. The Balaban J connectivity index is 1.68. The van der Waals surface area contributed by atoms with Crippen molar-refractivity contribution in [1.29, 1.82) is 0 Å². The second-order valence-electron chi connectivity index (χ2n) is 6.89. The van der Waals surface area contributed by atoms with Crippen LogP contribution in [-0.2, 0) is 17.8 Å². The van der Waals surface area contributed by atoms with E-state index in [1.165, 1.54) is 30.7 Å². The molecule has 2 aromatic carbocycles. The van der Waals surface area contributed by atoms with Crippen molar-refractivity contribution >= 4 is 16.8 Å². The van der Waals surface area contributed by atoms with Crippen molar-refractivity contribution in [2.45, 2.75) is 32.4 Å². The van der Waals surface area contributed by atoms with Gasteiger partial charge >= 0.3 is 0 Å². The maximum atomic E-state index is 12.8. The molecule has 7 nitrogen and oxygen atoms in total. The van der Waals surface area contributed by atoms with Gasteiger partial charge in [0, 0.05) is 12.1 Å². The van der Waals surface area contributed by atoms with Crippen LogP contribution in [-0.4, -0.2) is 35.7 Å². The van der Waals surface area contributed by atoms with Crippen LogP contribution in [0.15, 0.2) is 53.6 Å². The molecule has 1 N–H and O–H groups in total. The minimum Gasteiger partial charge on any atom is -0.493 e. The van der Waals surface area contributed by atoms with Gasteiger partial charge in [-0.3, -0.25) is 14.2 Å². The lowest BCUT2D eigenvalue weighted by Gasteiger charge is -2.15. The molecule has 3 rings (SSSR count). The quantitative estimate of drug-likeness (QED) is 0.634. The van der Waals surface area contributed by atoms with Gasteiger partial charge in [0.1, 0.15) is 6.54 Å². The van der Waals surface area contributed by atoms with Crippen LogP contribution < -0.4 is 20.3 Å². The van der Waals surface area contributed by atoms with Crippen molar-refractivity contribution in [3.63, 3.8) is 0 Å². The molecule has 29 heavy (non-hydrogen) atoms. The zero-order valence-corrected chi connectivity index (χ0v) is 16.8. The highest BCUT2D eigenvalue weighted by Crippen LogP contribution is 2.29. The highest BCUT2D eigenvalue weighted by molar-refractivity contribution is 5.82. The van der Waals surface area contributed by atoms with Gasteiger partial charge in [0.05, 0.1) is 31.4 Å². The first-order chi connectivity index (χ1) is 14.0. The van der Waals surface area contributed by atoms with Crippen molar-refractivity contribution in [2.75, 3.05) is 14.2 Å². The molecule has 0 fully saturated rings. The number of rotatable bonds is 8. The Bertz CT molecular complexity index is 1050. The summed E-state index contributed by atoms with van der Waals surface area (Å²) in [7, 11) is 3.02. The maximum Gasteiger partial charge on any atom is 0.261 e. The third-order valence-electron chi connectivity index (χ3n) is 4.76.